The van der Waals surface area contributed by atoms with Gasteiger partial charge in [0.15, 0.2) is 0 Å². The number of aromatic nitrogens is 1. The fraction of sp³-hybridized carbons (Fsp3) is 0.375. The molecule has 1 aromatic carbocycles. The average molecular weight is 285 g/mol. The highest BCUT2D eigenvalue weighted by atomic mass is 16.5. The van der Waals surface area contributed by atoms with E-state index in [-0.39, 0.29) is 11.9 Å². The number of aryl methyl sites for hydroxylation is 1. The molecule has 1 aliphatic rings. The van der Waals surface area contributed by atoms with Gasteiger partial charge in [-0.1, -0.05) is 35.5 Å². The lowest BCUT2D eigenvalue weighted by Crippen LogP contribution is -2.45. The molecule has 1 amide bonds. The van der Waals surface area contributed by atoms with Crippen molar-refractivity contribution in [1.82, 2.24) is 10.1 Å². The summed E-state index contributed by atoms with van der Waals surface area (Å²) in [6.07, 6.45) is 1.91. The molecule has 1 unspecified atom stereocenters. The maximum atomic E-state index is 12.8. The summed E-state index contributed by atoms with van der Waals surface area (Å²) in [7, 11) is 0. The van der Waals surface area contributed by atoms with Crippen LogP contribution >= 0.6 is 0 Å². The zero-order chi connectivity index (χ0) is 14.8. The predicted octanol–water partition coefficient (Wildman–Crippen LogP) is 2.21. The predicted molar refractivity (Wildman–Crippen MR) is 79.8 cm³/mol. The number of amides is 1. The molecule has 1 fully saturated rings. The third kappa shape index (κ3) is 2.69. The van der Waals surface area contributed by atoms with Crippen LogP contribution in [0.3, 0.4) is 0 Å². The van der Waals surface area contributed by atoms with Crippen molar-refractivity contribution in [3.63, 3.8) is 0 Å². The quantitative estimate of drug-likeness (QED) is 0.918. The SMILES string of the molecule is Cc1onc(-c2ccccc2)c1C(=O)N1CCCC(N)C1. The van der Waals surface area contributed by atoms with E-state index in [0.717, 1.165) is 24.9 Å². The molecule has 21 heavy (non-hydrogen) atoms. The van der Waals surface area contributed by atoms with E-state index in [9.17, 15) is 4.79 Å². The first-order valence-electron chi connectivity index (χ1n) is 7.23. The summed E-state index contributed by atoms with van der Waals surface area (Å²) in [6, 6.07) is 9.69. The molecule has 5 heteroatoms. The fourth-order valence-corrected chi connectivity index (χ4v) is 2.77. The Hall–Kier alpha value is -2.14. The summed E-state index contributed by atoms with van der Waals surface area (Å²) in [5, 5.41) is 4.07. The van der Waals surface area contributed by atoms with Gasteiger partial charge in [-0.2, -0.15) is 0 Å². The van der Waals surface area contributed by atoms with Gasteiger partial charge >= 0.3 is 0 Å². The van der Waals surface area contributed by atoms with Crippen LogP contribution in [-0.4, -0.2) is 35.1 Å². The Bertz CT molecular complexity index is 636. The Morgan fingerprint density at radius 2 is 2.14 bits per heavy atom. The molecule has 5 nitrogen and oxygen atoms in total. The normalized spacial score (nSPS) is 18.8. The number of hydrogen-bond acceptors (Lipinski definition) is 4. The van der Waals surface area contributed by atoms with E-state index in [1.807, 2.05) is 30.3 Å². The van der Waals surface area contributed by atoms with Gasteiger partial charge < -0.3 is 15.2 Å². The lowest BCUT2D eigenvalue weighted by Gasteiger charge is -2.30. The molecule has 0 spiro atoms. The Morgan fingerprint density at radius 1 is 1.38 bits per heavy atom. The number of nitrogens with two attached hydrogens (primary N) is 1. The molecule has 0 aliphatic carbocycles. The molecule has 2 heterocycles. The van der Waals surface area contributed by atoms with Crippen LogP contribution < -0.4 is 5.73 Å². The van der Waals surface area contributed by atoms with E-state index >= 15 is 0 Å². The number of hydrogen-bond donors (Lipinski definition) is 1. The van der Waals surface area contributed by atoms with Crippen molar-refractivity contribution >= 4 is 5.91 Å². The Morgan fingerprint density at radius 3 is 2.86 bits per heavy atom. The number of carbonyl (C=O) groups is 1. The van der Waals surface area contributed by atoms with Crippen LogP contribution in [0.1, 0.15) is 29.0 Å². The van der Waals surface area contributed by atoms with Crippen molar-refractivity contribution in [2.45, 2.75) is 25.8 Å². The highest BCUT2D eigenvalue weighted by molar-refractivity contribution is 6.00. The molecule has 1 saturated heterocycles. The number of benzene rings is 1. The third-order valence-corrected chi connectivity index (χ3v) is 3.87. The van der Waals surface area contributed by atoms with E-state index < -0.39 is 0 Å². The minimum Gasteiger partial charge on any atom is -0.360 e. The molecular weight excluding hydrogens is 266 g/mol. The van der Waals surface area contributed by atoms with Gasteiger partial charge in [-0.05, 0) is 19.8 Å². The van der Waals surface area contributed by atoms with Crippen LogP contribution in [0.5, 0.6) is 0 Å². The number of nitrogens with zero attached hydrogens (tertiary/aromatic N) is 2. The van der Waals surface area contributed by atoms with E-state index in [1.165, 1.54) is 0 Å². The smallest absolute Gasteiger partial charge is 0.259 e. The summed E-state index contributed by atoms with van der Waals surface area (Å²) < 4.78 is 5.26. The maximum absolute atomic E-state index is 12.8. The highest BCUT2D eigenvalue weighted by Gasteiger charge is 2.28. The first-order valence-corrected chi connectivity index (χ1v) is 7.23. The molecule has 1 atom stereocenters. The van der Waals surface area contributed by atoms with E-state index in [1.54, 1.807) is 11.8 Å². The lowest BCUT2D eigenvalue weighted by molar-refractivity contribution is 0.0707. The van der Waals surface area contributed by atoms with Crippen LogP contribution in [0, 0.1) is 6.92 Å². The van der Waals surface area contributed by atoms with Gasteiger partial charge in [0.05, 0.1) is 0 Å². The van der Waals surface area contributed by atoms with Gasteiger partial charge in [0.25, 0.3) is 5.91 Å². The largest absolute Gasteiger partial charge is 0.360 e. The van der Waals surface area contributed by atoms with Crippen molar-refractivity contribution < 1.29 is 9.32 Å². The van der Waals surface area contributed by atoms with E-state index in [0.29, 0.717) is 23.6 Å². The Kier molecular flexibility index (Phi) is 3.75. The summed E-state index contributed by atoms with van der Waals surface area (Å²) in [5.41, 5.74) is 8.02. The van der Waals surface area contributed by atoms with Gasteiger partial charge in [0, 0.05) is 24.7 Å². The first-order chi connectivity index (χ1) is 10.2. The number of likely N-dealkylation sites (tertiary alicyclic amines) is 1. The summed E-state index contributed by atoms with van der Waals surface area (Å²) in [4.78, 5) is 14.6. The summed E-state index contributed by atoms with van der Waals surface area (Å²) in [5.74, 6) is 0.515. The number of piperidine rings is 1. The summed E-state index contributed by atoms with van der Waals surface area (Å²) in [6.45, 7) is 3.11. The highest BCUT2D eigenvalue weighted by Crippen LogP contribution is 2.27. The number of carbonyl (C=O) groups excluding carboxylic acids is 1. The second-order valence-corrected chi connectivity index (χ2v) is 5.48. The zero-order valence-electron chi connectivity index (χ0n) is 12.1. The van der Waals surface area contributed by atoms with Crippen molar-refractivity contribution in [3.8, 4) is 11.3 Å². The maximum Gasteiger partial charge on any atom is 0.259 e. The molecule has 2 aromatic rings. The molecule has 2 N–H and O–H groups in total. The minimum absolute atomic E-state index is 0.0391. The van der Waals surface area contributed by atoms with Gasteiger partial charge in [-0.3, -0.25) is 4.79 Å². The van der Waals surface area contributed by atoms with Crippen molar-refractivity contribution in [3.05, 3.63) is 41.7 Å². The topological polar surface area (TPSA) is 72.4 Å². The van der Waals surface area contributed by atoms with E-state index in [2.05, 4.69) is 5.16 Å². The van der Waals surface area contributed by atoms with Crippen molar-refractivity contribution in [2.24, 2.45) is 5.73 Å². The van der Waals surface area contributed by atoms with Crippen molar-refractivity contribution in [2.75, 3.05) is 13.1 Å². The standard InChI is InChI=1S/C16H19N3O2/c1-11-14(16(20)19-9-5-8-13(17)10-19)15(18-21-11)12-6-3-2-4-7-12/h2-4,6-7,13H,5,8-10,17H2,1H3. The van der Waals surface area contributed by atoms with Crippen LogP contribution in [0.15, 0.2) is 34.9 Å². The van der Waals surface area contributed by atoms with Crippen LogP contribution in [0.2, 0.25) is 0 Å². The second-order valence-electron chi connectivity index (χ2n) is 5.48. The minimum atomic E-state index is -0.0391. The zero-order valence-corrected chi connectivity index (χ0v) is 12.1. The Labute approximate surface area is 123 Å². The number of rotatable bonds is 2. The van der Waals surface area contributed by atoms with Crippen LogP contribution in [0.25, 0.3) is 11.3 Å². The first kappa shape index (κ1) is 13.8. The molecule has 0 saturated carbocycles. The van der Waals surface area contributed by atoms with Gasteiger partial charge in [-0.25, -0.2) is 0 Å². The van der Waals surface area contributed by atoms with Gasteiger partial charge in [0.2, 0.25) is 0 Å². The second kappa shape index (κ2) is 5.69. The molecular formula is C16H19N3O2. The van der Waals surface area contributed by atoms with E-state index in [4.69, 9.17) is 10.3 Å². The van der Waals surface area contributed by atoms with Gasteiger partial charge in [-0.15, -0.1) is 0 Å². The lowest BCUT2D eigenvalue weighted by atomic mass is 10.0. The fourth-order valence-electron chi connectivity index (χ4n) is 2.77. The van der Waals surface area contributed by atoms with Crippen molar-refractivity contribution in [1.29, 1.82) is 0 Å². The molecule has 0 bridgehead atoms. The average Bonchev–Trinajstić information content (AvgIpc) is 2.89. The molecule has 110 valence electrons. The van der Waals surface area contributed by atoms with Crippen LogP contribution in [-0.2, 0) is 0 Å². The van der Waals surface area contributed by atoms with Gasteiger partial charge in [0.1, 0.15) is 17.0 Å². The third-order valence-electron chi connectivity index (χ3n) is 3.87. The molecule has 0 radical (unpaired) electrons. The molecule has 1 aliphatic heterocycles. The summed E-state index contributed by atoms with van der Waals surface area (Å²) >= 11 is 0. The monoisotopic (exact) mass is 285 g/mol. The molecule has 3 rings (SSSR count). The van der Waals surface area contributed by atoms with Crippen LogP contribution in [0.4, 0.5) is 0 Å². The Balaban J connectivity index is 1.95. The molecule has 1 aromatic heterocycles.